The molecule has 0 saturated heterocycles. The molecule has 3 nitrogen and oxygen atoms in total. The van der Waals surface area contributed by atoms with Crippen LogP contribution in [0.3, 0.4) is 0 Å². The Morgan fingerprint density at radius 1 is 1.45 bits per heavy atom. The van der Waals surface area contributed by atoms with E-state index in [9.17, 15) is 9.18 Å². The second kappa shape index (κ2) is 6.67. The number of benzene rings is 1. The van der Waals surface area contributed by atoms with Crippen molar-refractivity contribution in [2.24, 2.45) is 0 Å². The van der Waals surface area contributed by atoms with Gasteiger partial charge in [0.2, 0.25) is 0 Å². The largest absolute Gasteiger partial charge is 0.309 e. The molecule has 0 radical (unpaired) electrons. The maximum Gasteiger partial charge on any atom is 0.264 e. The number of H-pyrrole nitrogens is 1. The molecule has 0 spiro atoms. The van der Waals surface area contributed by atoms with E-state index in [1.165, 1.54) is 6.07 Å². The Morgan fingerprint density at radius 2 is 2.20 bits per heavy atom. The third-order valence-electron chi connectivity index (χ3n) is 2.87. The fourth-order valence-corrected chi connectivity index (χ4v) is 2.67. The minimum absolute atomic E-state index is 0.175. The molecular weight excluding hydrogens is 394 g/mol. The van der Waals surface area contributed by atoms with E-state index in [1.54, 1.807) is 12.1 Å². The van der Waals surface area contributed by atoms with Crippen LogP contribution in [-0.2, 0) is 12.8 Å². The van der Waals surface area contributed by atoms with Crippen LogP contribution in [0.4, 0.5) is 4.39 Å². The molecule has 0 bridgehead atoms. The molecule has 2 rings (SSSR count). The van der Waals surface area contributed by atoms with Gasteiger partial charge in [-0.2, -0.15) is 0 Å². The van der Waals surface area contributed by atoms with E-state index in [0.717, 1.165) is 18.5 Å². The Kier molecular flexibility index (Phi) is 5.15. The maximum atomic E-state index is 13.8. The summed E-state index contributed by atoms with van der Waals surface area (Å²) in [6, 6.07) is 4.52. The fourth-order valence-electron chi connectivity index (χ4n) is 1.91. The van der Waals surface area contributed by atoms with Crippen molar-refractivity contribution in [1.82, 2.24) is 9.97 Å². The minimum Gasteiger partial charge on any atom is -0.309 e. The van der Waals surface area contributed by atoms with Gasteiger partial charge in [0.15, 0.2) is 0 Å². The van der Waals surface area contributed by atoms with Gasteiger partial charge >= 0.3 is 0 Å². The predicted molar refractivity (Wildman–Crippen MR) is 85.8 cm³/mol. The lowest BCUT2D eigenvalue weighted by Crippen LogP contribution is -2.18. The van der Waals surface area contributed by atoms with Gasteiger partial charge in [0.25, 0.3) is 5.56 Å². The Bertz CT molecular complexity index is 667. The molecule has 0 aliphatic rings. The van der Waals surface area contributed by atoms with Gasteiger partial charge in [0, 0.05) is 17.0 Å². The Hall–Kier alpha value is -0.950. The molecule has 6 heteroatoms. The molecule has 106 valence electrons. The van der Waals surface area contributed by atoms with Crippen molar-refractivity contribution in [3.8, 4) is 0 Å². The molecule has 1 aromatic heterocycles. The van der Waals surface area contributed by atoms with Crippen LogP contribution in [0.25, 0.3) is 0 Å². The van der Waals surface area contributed by atoms with Crippen LogP contribution in [0.15, 0.2) is 23.0 Å². The third-order valence-corrected chi connectivity index (χ3v) is 4.34. The van der Waals surface area contributed by atoms with Gasteiger partial charge in [-0.25, -0.2) is 9.37 Å². The highest BCUT2D eigenvalue weighted by atomic mass is 127. The first kappa shape index (κ1) is 15.4. The SMILES string of the molecule is CCCc1nc(Cc2c(F)cccc2Cl)[nH]c(=O)c1I. The standard InChI is InChI=1S/C14H13ClFIN2O/c1-2-4-11-13(17)14(20)19-12(18-11)7-8-9(15)5-3-6-10(8)16/h3,5-6H,2,4,7H2,1H3,(H,18,19,20). The molecule has 20 heavy (non-hydrogen) atoms. The van der Waals surface area contributed by atoms with Crippen LogP contribution in [0.2, 0.25) is 5.02 Å². The van der Waals surface area contributed by atoms with E-state index in [4.69, 9.17) is 11.6 Å². The molecule has 0 atom stereocenters. The molecule has 0 aliphatic carbocycles. The molecule has 0 amide bonds. The first-order chi connectivity index (χ1) is 9.52. The molecule has 0 unspecified atom stereocenters. The number of halogens is 3. The van der Waals surface area contributed by atoms with E-state index in [-0.39, 0.29) is 12.0 Å². The quantitative estimate of drug-likeness (QED) is 0.787. The van der Waals surface area contributed by atoms with Gasteiger partial charge in [0.05, 0.1) is 9.26 Å². The van der Waals surface area contributed by atoms with Crippen molar-refractivity contribution in [1.29, 1.82) is 0 Å². The molecule has 0 fully saturated rings. The molecule has 1 heterocycles. The lowest BCUT2D eigenvalue weighted by Gasteiger charge is -2.08. The van der Waals surface area contributed by atoms with Gasteiger partial charge < -0.3 is 4.98 Å². The lowest BCUT2D eigenvalue weighted by atomic mass is 10.1. The number of hydrogen-bond donors (Lipinski definition) is 1. The zero-order valence-corrected chi connectivity index (χ0v) is 13.8. The minimum atomic E-state index is -0.393. The number of aryl methyl sites for hydroxylation is 1. The molecule has 1 N–H and O–H groups in total. The monoisotopic (exact) mass is 406 g/mol. The number of hydrogen-bond acceptors (Lipinski definition) is 2. The van der Waals surface area contributed by atoms with Gasteiger partial charge in [-0.15, -0.1) is 0 Å². The van der Waals surface area contributed by atoms with Crippen molar-refractivity contribution in [2.45, 2.75) is 26.2 Å². The predicted octanol–water partition coefficient (Wildman–Crippen LogP) is 3.71. The topological polar surface area (TPSA) is 45.8 Å². The van der Waals surface area contributed by atoms with Gasteiger partial charge in [0.1, 0.15) is 11.6 Å². The van der Waals surface area contributed by atoms with Gasteiger partial charge in [-0.3, -0.25) is 4.79 Å². The maximum absolute atomic E-state index is 13.8. The second-order valence-electron chi connectivity index (χ2n) is 4.40. The third kappa shape index (κ3) is 3.38. The van der Waals surface area contributed by atoms with Crippen molar-refractivity contribution in [2.75, 3.05) is 0 Å². The van der Waals surface area contributed by atoms with E-state index in [2.05, 4.69) is 9.97 Å². The first-order valence-electron chi connectivity index (χ1n) is 6.23. The zero-order chi connectivity index (χ0) is 14.7. The summed E-state index contributed by atoms with van der Waals surface area (Å²) in [5.74, 6) is 0.0432. The van der Waals surface area contributed by atoms with Crippen molar-refractivity contribution in [3.05, 3.63) is 60.0 Å². The smallest absolute Gasteiger partial charge is 0.264 e. The van der Waals surface area contributed by atoms with Crippen LogP contribution in [-0.4, -0.2) is 9.97 Å². The molecule has 2 aromatic rings. The summed E-state index contributed by atoms with van der Waals surface area (Å²) in [5, 5.41) is 0.336. The summed E-state index contributed by atoms with van der Waals surface area (Å²) in [5.41, 5.74) is 0.909. The Morgan fingerprint density at radius 3 is 2.85 bits per heavy atom. The molecule has 1 aromatic carbocycles. The van der Waals surface area contributed by atoms with E-state index < -0.39 is 5.82 Å². The summed E-state index contributed by atoms with van der Waals surface area (Å²) >= 11 is 7.97. The Labute approximate surface area is 134 Å². The van der Waals surface area contributed by atoms with Crippen molar-refractivity contribution >= 4 is 34.2 Å². The van der Waals surface area contributed by atoms with Crippen LogP contribution >= 0.6 is 34.2 Å². The van der Waals surface area contributed by atoms with Crippen LogP contribution in [0.1, 0.15) is 30.4 Å². The summed E-state index contributed by atoms with van der Waals surface area (Å²) in [7, 11) is 0. The fraction of sp³-hybridized carbons (Fsp3) is 0.286. The van der Waals surface area contributed by atoms with Gasteiger partial charge in [-0.1, -0.05) is 31.0 Å². The second-order valence-corrected chi connectivity index (χ2v) is 5.89. The summed E-state index contributed by atoms with van der Waals surface area (Å²) in [6.07, 6.45) is 1.79. The summed E-state index contributed by atoms with van der Waals surface area (Å²) in [6.45, 7) is 2.02. The summed E-state index contributed by atoms with van der Waals surface area (Å²) in [4.78, 5) is 19.0. The average Bonchev–Trinajstić information content (AvgIpc) is 2.40. The number of aromatic amines is 1. The molecular formula is C14H13ClFIN2O. The van der Waals surface area contributed by atoms with Crippen molar-refractivity contribution in [3.63, 3.8) is 0 Å². The molecule has 0 aliphatic heterocycles. The average molecular weight is 407 g/mol. The van der Waals surface area contributed by atoms with Crippen molar-refractivity contribution < 1.29 is 4.39 Å². The van der Waals surface area contributed by atoms with Crippen LogP contribution in [0.5, 0.6) is 0 Å². The molecule has 0 saturated carbocycles. The highest BCUT2D eigenvalue weighted by Gasteiger charge is 2.12. The number of aromatic nitrogens is 2. The van der Waals surface area contributed by atoms with Crippen LogP contribution in [0, 0.1) is 9.39 Å². The van der Waals surface area contributed by atoms with E-state index >= 15 is 0 Å². The number of rotatable bonds is 4. The first-order valence-corrected chi connectivity index (χ1v) is 7.69. The van der Waals surface area contributed by atoms with Gasteiger partial charge in [-0.05, 0) is 41.1 Å². The van der Waals surface area contributed by atoms with E-state index in [1.807, 2.05) is 29.5 Å². The zero-order valence-electron chi connectivity index (χ0n) is 10.8. The Balaban J connectivity index is 2.42. The highest BCUT2D eigenvalue weighted by molar-refractivity contribution is 14.1. The van der Waals surface area contributed by atoms with Crippen LogP contribution < -0.4 is 5.56 Å². The number of nitrogens with zero attached hydrogens (tertiary/aromatic N) is 1. The summed E-state index contributed by atoms with van der Waals surface area (Å²) < 4.78 is 14.3. The normalized spacial score (nSPS) is 10.8. The van der Waals surface area contributed by atoms with E-state index in [0.29, 0.717) is 20.0 Å². The lowest BCUT2D eigenvalue weighted by molar-refractivity contribution is 0.611. The number of nitrogens with one attached hydrogen (secondary N) is 1. The highest BCUT2D eigenvalue weighted by Crippen LogP contribution is 2.21.